The third kappa shape index (κ3) is 3.72. The van der Waals surface area contributed by atoms with Crippen LogP contribution in [0.2, 0.25) is 0 Å². The number of hydrogen-bond donors (Lipinski definition) is 0. The third-order valence-electron chi connectivity index (χ3n) is 5.22. The van der Waals surface area contributed by atoms with Crippen molar-refractivity contribution in [2.75, 3.05) is 0 Å². The lowest BCUT2D eigenvalue weighted by molar-refractivity contribution is -0.117. The van der Waals surface area contributed by atoms with Crippen LogP contribution in [0.15, 0.2) is 68.4 Å². The SMILES string of the molecule is O=C1CCC(C(F)(c2nnc(Cc3ccccc3)o2)S(=O)(=O)c2cccc(Br)c2)C1. The molecule has 0 bridgehead atoms. The first-order valence-corrected chi connectivity index (χ1v) is 11.7. The minimum absolute atomic E-state index is 0.0962. The molecule has 156 valence electrons. The highest BCUT2D eigenvalue weighted by molar-refractivity contribution is 9.10. The molecular weight excluding hydrogens is 475 g/mol. The summed E-state index contributed by atoms with van der Waals surface area (Å²) in [5, 5.41) is 4.65. The summed E-state index contributed by atoms with van der Waals surface area (Å²) in [6, 6.07) is 15.0. The maximum Gasteiger partial charge on any atom is 0.294 e. The van der Waals surface area contributed by atoms with Gasteiger partial charge in [-0.15, -0.1) is 10.2 Å². The molecule has 0 amide bonds. The lowest BCUT2D eigenvalue weighted by Gasteiger charge is -2.27. The van der Waals surface area contributed by atoms with Crippen molar-refractivity contribution in [3.63, 3.8) is 0 Å². The Hall–Kier alpha value is -2.39. The van der Waals surface area contributed by atoms with Crippen molar-refractivity contribution in [3.8, 4) is 0 Å². The van der Waals surface area contributed by atoms with Crippen LogP contribution < -0.4 is 0 Å². The lowest BCUT2D eigenvalue weighted by atomic mass is 10.0. The second kappa shape index (κ2) is 8.03. The first-order chi connectivity index (χ1) is 14.3. The molecule has 1 aliphatic carbocycles. The van der Waals surface area contributed by atoms with Crippen molar-refractivity contribution in [2.45, 2.75) is 35.6 Å². The van der Waals surface area contributed by atoms with E-state index in [0.717, 1.165) is 5.56 Å². The monoisotopic (exact) mass is 492 g/mol. The van der Waals surface area contributed by atoms with Crippen molar-refractivity contribution in [2.24, 2.45) is 5.92 Å². The molecule has 30 heavy (non-hydrogen) atoms. The molecule has 1 heterocycles. The quantitative estimate of drug-likeness (QED) is 0.506. The van der Waals surface area contributed by atoms with Crippen LogP contribution in [-0.2, 0) is 26.1 Å². The van der Waals surface area contributed by atoms with Crippen LogP contribution in [0.3, 0.4) is 0 Å². The van der Waals surface area contributed by atoms with Gasteiger partial charge in [-0.2, -0.15) is 0 Å². The molecule has 1 aromatic heterocycles. The van der Waals surface area contributed by atoms with Crippen LogP contribution in [0.1, 0.15) is 36.6 Å². The van der Waals surface area contributed by atoms with Gasteiger partial charge < -0.3 is 4.42 Å². The lowest BCUT2D eigenvalue weighted by Crippen LogP contribution is -2.38. The van der Waals surface area contributed by atoms with Crippen molar-refractivity contribution < 1.29 is 22.0 Å². The Bertz CT molecular complexity index is 1180. The van der Waals surface area contributed by atoms with Crippen LogP contribution in [0.5, 0.6) is 0 Å². The Morgan fingerprint density at radius 2 is 1.90 bits per heavy atom. The van der Waals surface area contributed by atoms with E-state index in [-0.39, 0.29) is 42.3 Å². The number of rotatable bonds is 6. The summed E-state index contributed by atoms with van der Waals surface area (Å²) in [6.07, 6.45) is 0.263. The average Bonchev–Trinajstić information content (AvgIpc) is 3.37. The molecule has 0 saturated heterocycles. The van der Waals surface area contributed by atoms with E-state index in [2.05, 4.69) is 26.1 Å². The van der Waals surface area contributed by atoms with Crippen LogP contribution in [0, 0.1) is 5.92 Å². The topological polar surface area (TPSA) is 90.1 Å². The summed E-state index contributed by atoms with van der Waals surface area (Å²) in [5.74, 6) is -1.81. The van der Waals surface area contributed by atoms with Crippen molar-refractivity contribution in [1.29, 1.82) is 0 Å². The molecule has 1 aliphatic rings. The Balaban J connectivity index is 1.78. The molecule has 0 spiro atoms. The summed E-state index contributed by atoms with van der Waals surface area (Å²) < 4.78 is 49.5. The normalized spacial score (nSPS) is 19.0. The molecule has 2 atom stereocenters. The molecule has 2 unspecified atom stereocenters. The maximum absolute atomic E-state index is 16.6. The Morgan fingerprint density at radius 1 is 1.13 bits per heavy atom. The minimum atomic E-state index is -4.59. The van der Waals surface area contributed by atoms with Gasteiger partial charge in [0.15, 0.2) is 0 Å². The standard InChI is InChI=1S/C21H18BrFN2O4S/c22-16-7-4-8-18(13-16)30(27,28)21(23,15-9-10-17(26)12-15)20-25-24-19(29-20)11-14-5-2-1-3-6-14/h1-8,13,15H,9-12H2. The highest BCUT2D eigenvalue weighted by Gasteiger charge is 2.59. The second-order valence-electron chi connectivity index (χ2n) is 7.25. The van der Waals surface area contributed by atoms with Crippen LogP contribution in [-0.4, -0.2) is 24.4 Å². The van der Waals surface area contributed by atoms with Gasteiger partial charge >= 0.3 is 0 Å². The number of carbonyl (C=O) groups excluding carboxylic acids is 1. The zero-order chi connectivity index (χ0) is 21.4. The van der Waals surface area contributed by atoms with E-state index in [0.29, 0.717) is 4.47 Å². The Kier molecular flexibility index (Phi) is 5.59. The second-order valence-corrected chi connectivity index (χ2v) is 10.2. The van der Waals surface area contributed by atoms with Gasteiger partial charge in [-0.05, 0) is 30.2 Å². The predicted molar refractivity (Wildman–Crippen MR) is 110 cm³/mol. The number of benzene rings is 2. The fourth-order valence-electron chi connectivity index (χ4n) is 3.68. The number of hydrogen-bond acceptors (Lipinski definition) is 6. The van der Waals surface area contributed by atoms with Gasteiger partial charge in [-0.3, -0.25) is 4.79 Å². The van der Waals surface area contributed by atoms with E-state index < -0.39 is 26.6 Å². The van der Waals surface area contributed by atoms with E-state index in [1.165, 1.54) is 18.2 Å². The first-order valence-electron chi connectivity index (χ1n) is 9.38. The molecule has 1 fully saturated rings. The number of halogens is 2. The zero-order valence-electron chi connectivity index (χ0n) is 15.8. The van der Waals surface area contributed by atoms with Gasteiger partial charge in [0.2, 0.25) is 15.7 Å². The van der Waals surface area contributed by atoms with Gasteiger partial charge in [-0.25, -0.2) is 12.8 Å². The average molecular weight is 493 g/mol. The summed E-state index contributed by atoms with van der Waals surface area (Å²) >= 11 is 3.22. The Morgan fingerprint density at radius 3 is 2.57 bits per heavy atom. The molecule has 0 N–H and O–H groups in total. The van der Waals surface area contributed by atoms with Crippen LogP contribution in [0.25, 0.3) is 0 Å². The molecule has 2 aromatic carbocycles. The molecule has 6 nitrogen and oxygen atoms in total. The largest absolute Gasteiger partial charge is 0.420 e. The summed E-state index contributed by atoms with van der Waals surface area (Å²) in [7, 11) is -4.59. The first kappa shape index (κ1) is 20.9. The van der Waals surface area contributed by atoms with Gasteiger partial charge in [0.1, 0.15) is 5.78 Å². The number of ketones is 1. The van der Waals surface area contributed by atoms with E-state index in [4.69, 9.17) is 4.42 Å². The van der Waals surface area contributed by atoms with Gasteiger partial charge in [0.25, 0.3) is 10.9 Å². The number of carbonyl (C=O) groups is 1. The van der Waals surface area contributed by atoms with Crippen molar-refractivity contribution >= 4 is 31.6 Å². The summed E-state index contributed by atoms with van der Waals surface area (Å²) in [4.78, 5) is 11.6. The van der Waals surface area contributed by atoms with Gasteiger partial charge in [0.05, 0.1) is 11.3 Å². The van der Waals surface area contributed by atoms with Crippen LogP contribution in [0.4, 0.5) is 4.39 Å². The molecule has 3 aromatic rings. The van der Waals surface area contributed by atoms with E-state index >= 15 is 4.39 Å². The minimum Gasteiger partial charge on any atom is -0.420 e. The highest BCUT2D eigenvalue weighted by atomic mass is 79.9. The van der Waals surface area contributed by atoms with Crippen LogP contribution >= 0.6 is 15.9 Å². The summed E-state index contributed by atoms with van der Waals surface area (Å²) in [6.45, 7) is 0. The molecule has 0 aliphatic heterocycles. The fourth-order valence-corrected chi connectivity index (χ4v) is 6.07. The highest BCUT2D eigenvalue weighted by Crippen LogP contribution is 2.48. The molecule has 0 radical (unpaired) electrons. The fraction of sp³-hybridized carbons (Fsp3) is 0.286. The maximum atomic E-state index is 16.6. The van der Waals surface area contributed by atoms with Crippen molar-refractivity contribution in [3.05, 3.63) is 76.4 Å². The van der Waals surface area contributed by atoms with Gasteiger partial charge in [-0.1, -0.05) is 52.3 Å². The van der Waals surface area contributed by atoms with E-state index in [1.54, 1.807) is 6.07 Å². The predicted octanol–water partition coefficient (Wildman–Crippen LogP) is 4.39. The Labute approximate surface area is 181 Å². The number of nitrogens with zero attached hydrogens (tertiary/aromatic N) is 2. The van der Waals surface area contributed by atoms with Gasteiger partial charge in [0, 0.05) is 23.2 Å². The number of Topliss-reactive ketones (excluding diaryl/α,β-unsaturated/α-hetero) is 1. The zero-order valence-corrected chi connectivity index (χ0v) is 18.2. The van der Waals surface area contributed by atoms with Crippen molar-refractivity contribution in [1.82, 2.24) is 10.2 Å². The number of sulfone groups is 1. The van der Waals surface area contributed by atoms with E-state index in [9.17, 15) is 13.2 Å². The number of alkyl halides is 1. The van der Waals surface area contributed by atoms with E-state index in [1.807, 2.05) is 30.3 Å². The third-order valence-corrected chi connectivity index (χ3v) is 7.88. The molecule has 9 heteroatoms. The summed E-state index contributed by atoms with van der Waals surface area (Å²) in [5.41, 5.74) is 0.864. The molecular formula is C21H18BrFN2O4S. The smallest absolute Gasteiger partial charge is 0.294 e. The molecule has 1 saturated carbocycles. The molecule has 4 rings (SSSR count). The number of aromatic nitrogens is 2.